The molecule has 3 aromatic rings. The van der Waals surface area contributed by atoms with Crippen molar-refractivity contribution in [3.8, 4) is 5.75 Å². The number of fused-ring (bicyclic) bond motifs is 5. The molecule has 186 valence electrons. The van der Waals surface area contributed by atoms with Gasteiger partial charge in [0.25, 0.3) is 11.8 Å². The van der Waals surface area contributed by atoms with Crippen molar-refractivity contribution in [3.63, 3.8) is 0 Å². The highest BCUT2D eigenvalue weighted by atomic mass is 19.2. The van der Waals surface area contributed by atoms with Crippen LogP contribution >= 0.6 is 0 Å². The Labute approximate surface area is 199 Å². The lowest BCUT2D eigenvalue weighted by molar-refractivity contribution is 0.0653. The lowest BCUT2D eigenvalue weighted by atomic mass is 10.0. The number of hydrogen-bond acceptors (Lipinski definition) is 4. The fourth-order valence-electron chi connectivity index (χ4n) is 4.59. The van der Waals surface area contributed by atoms with Crippen molar-refractivity contribution >= 4 is 11.8 Å². The van der Waals surface area contributed by atoms with E-state index in [1.807, 2.05) is 0 Å². The monoisotopic (exact) mass is 505 g/mol. The van der Waals surface area contributed by atoms with Crippen LogP contribution in [0.25, 0.3) is 0 Å². The molecule has 0 saturated heterocycles. The van der Waals surface area contributed by atoms with E-state index in [0.29, 0.717) is 23.3 Å². The van der Waals surface area contributed by atoms with E-state index in [9.17, 15) is 41.4 Å². The molecule has 3 heterocycles. The SMILES string of the molecule is O=C(NCc1c(F)cc(F)cc1F)c1cn2c(c(O)c1=O)C(=O)N1Cc3cc(F)c(F)cc3CC2C1. The first-order chi connectivity index (χ1) is 17.0. The van der Waals surface area contributed by atoms with E-state index in [0.717, 1.165) is 18.3 Å². The molecule has 2 aliphatic heterocycles. The van der Waals surface area contributed by atoms with Crippen LogP contribution in [0, 0.1) is 29.1 Å². The van der Waals surface area contributed by atoms with Gasteiger partial charge in [-0.2, -0.15) is 0 Å². The highest BCUT2D eigenvalue weighted by molar-refractivity contribution is 5.99. The first-order valence-electron chi connectivity index (χ1n) is 10.7. The average molecular weight is 505 g/mol. The molecule has 12 heteroatoms. The van der Waals surface area contributed by atoms with Crippen LogP contribution in [0.3, 0.4) is 0 Å². The number of aromatic nitrogens is 1. The van der Waals surface area contributed by atoms with E-state index in [2.05, 4.69) is 5.32 Å². The van der Waals surface area contributed by atoms with Crippen LogP contribution in [0.1, 0.15) is 43.6 Å². The lowest BCUT2D eigenvalue weighted by Gasteiger charge is -2.34. The van der Waals surface area contributed by atoms with Crippen LogP contribution in [0.2, 0.25) is 0 Å². The van der Waals surface area contributed by atoms with Gasteiger partial charge < -0.3 is 19.9 Å². The van der Waals surface area contributed by atoms with Crippen LogP contribution in [-0.2, 0) is 19.5 Å². The minimum atomic E-state index is -1.25. The van der Waals surface area contributed by atoms with Gasteiger partial charge in [0.15, 0.2) is 23.1 Å². The first-order valence-corrected chi connectivity index (χ1v) is 10.7. The van der Waals surface area contributed by atoms with Gasteiger partial charge >= 0.3 is 0 Å². The first kappa shape index (κ1) is 23.5. The number of hydrogen-bond donors (Lipinski definition) is 2. The van der Waals surface area contributed by atoms with E-state index in [1.165, 1.54) is 9.47 Å². The third-order valence-electron chi connectivity index (χ3n) is 6.36. The molecule has 1 aromatic heterocycles. The molecular weight excluding hydrogens is 489 g/mol. The largest absolute Gasteiger partial charge is 0.503 e. The van der Waals surface area contributed by atoms with Gasteiger partial charge in [-0.25, -0.2) is 22.0 Å². The number of halogens is 5. The molecule has 0 spiro atoms. The minimum Gasteiger partial charge on any atom is -0.503 e. The second-order valence-electron chi connectivity index (χ2n) is 8.59. The van der Waals surface area contributed by atoms with Crippen molar-refractivity contribution in [2.75, 3.05) is 6.54 Å². The third-order valence-corrected chi connectivity index (χ3v) is 6.36. The quantitative estimate of drug-likeness (QED) is 0.536. The van der Waals surface area contributed by atoms with E-state index in [-0.39, 0.29) is 19.5 Å². The Kier molecular flexibility index (Phi) is 5.53. The van der Waals surface area contributed by atoms with Crippen LogP contribution in [0.4, 0.5) is 22.0 Å². The van der Waals surface area contributed by atoms with Crippen molar-refractivity contribution in [2.24, 2.45) is 0 Å². The molecule has 2 amide bonds. The number of aromatic hydroxyl groups is 1. The standard InChI is InChI=1S/C24H16F5N3O4/c25-12-4-16(26)14(17(27)5-12)6-30-23(35)15-9-32-13-1-10-2-18(28)19(29)3-11(10)7-31(8-13)24(36)20(32)22(34)21(15)33/h2-5,9,13,34H,1,6-8H2,(H,30,35). The predicted molar refractivity (Wildman–Crippen MR) is 114 cm³/mol. The Hall–Kier alpha value is -4.22. The summed E-state index contributed by atoms with van der Waals surface area (Å²) in [6.45, 7) is -0.737. The van der Waals surface area contributed by atoms with Crippen LogP contribution < -0.4 is 10.7 Å². The Morgan fingerprint density at radius 3 is 2.28 bits per heavy atom. The third kappa shape index (κ3) is 3.78. The van der Waals surface area contributed by atoms with Crippen LogP contribution in [0.15, 0.2) is 35.3 Å². The number of rotatable bonds is 3. The number of pyridine rings is 1. The summed E-state index contributed by atoms with van der Waals surface area (Å²) in [4.78, 5) is 39.8. The van der Waals surface area contributed by atoms with Gasteiger partial charge in [0.1, 0.15) is 23.0 Å². The Bertz CT molecular complexity index is 1500. The molecule has 2 aromatic carbocycles. The second-order valence-corrected chi connectivity index (χ2v) is 8.59. The van der Waals surface area contributed by atoms with Crippen molar-refractivity contribution in [1.29, 1.82) is 0 Å². The number of nitrogens with zero attached hydrogens (tertiary/aromatic N) is 2. The molecular formula is C24H16F5N3O4. The molecule has 0 saturated carbocycles. The van der Waals surface area contributed by atoms with Gasteiger partial charge in [-0.15, -0.1) is 0 Å². The number of amides is 2. The summed E-state index contributed by atoms with van der Waals surface area (Å²) in [5, 5.41) is 12.7. The molecule has 0 aliphatic carbocycles. The highest BCUT2D eigenvalue weighted by Gasteiger charge is 2.38. The maximum atomic E-state index is 13.9. The summed E-state index contributed by atoms with van der Waals surface area (Å²) in [7, 11) is 0. The average Bonchev–Trinajstić information content (AvgIpc) is 2.96. The Balaban J connectivity index is 1.51. The summed E-state index contributed by atoms with van der Waals surface area (Å²) in [6, 6.07) is 2.21. The maximum absolute atomic E-state index is 13.9. The Morgan fingerprint density at radius 1 is 0.972 bits per heavy atom. The molecule has 1 unspecified atom stereocenters. The summed E-state index contributed by atoms with van der Waals surface area (Å²) in [5.41, 5.74) is -2.07. The molecule has 5 rings (SSSR count). The number of carbonyl (C=O) groups is 2. The smallest absolute Gasteiger partial charge is 0.274 e. The van der Waals surface area contributed by atoms with Crippen molar-refractivity contribution in [3.05, 3.63) is 97.7 Å². The van der Waals surface area contributed by atoms with Gasteiger partial charge in [0, 0.05) is 43.5 Å². The van der Waals surface area contributed by atoms with E-state index >= 15 is 0 Å². The zero-order valence-corrected chi connectivity index (χ0v) is 18.2. The fourth-order valence-corrected chi connectivity index (χ4v) is 4.59. The maximum Gasteiger partial charge on any atom is 0.274 e. The molecule has 0 radical (unpaired) electrons. The second kappa shape index (κ2) is 8.47. The summed E-state index contributed by atoms with van der Waals surface area (Å²) < 4.78 is 69.8. The van der Waals surface area contributed by atoms with Gasteiger partial charge in [-0.3, -0.25) is 14.4 Å². The molecule has 2 aliphatic rings. The van der Waals surface area contributed by atoms with Crippen LogP contribution in [-0.4, -0.2) is 32.9 Å². The molecule has 2 N–H and O–H groups in total. The van der Waals surface area contributed by atoms with E-state index in [4.69, 9.17) is 0 Å². The molecule has 36 heavy (non-hydrogen) atoms. The van der Waals surface area contributed by atoms with Crippen LogP contribution in [0.5, 0.6) is 5.75 Å². The highest BCUT2D eigenvalue weighted by Crippen LogP contribution is 2.34. The fraction of sp³-hybridized carbons (Fsp3) is 0.208. The van der Waals surface area contributed by atoms with E-state index < -0.39 is 81.5 Å². The molecule has 7 nitrogen and oxygen atoms in total. The van der Waals surface area contributed by atoms with Crippen molar-refractivity contribution in [2.45, 2.75) is 25.6 Å². The number of carbonyl (C=O) groups excluding carboxylic acids is 2. The van der Waals surface area contributed by atoms with Gasteiger partial charge in [0.05, 0.1) is 6.04 Å². The molecule has 2 bridgehead atoms. The van der Waals surface area contributed by atoms with Gasteiger partial charge in [-0.05, 0) is 29.7 Å². The van der Waals surface area contributed by atoms with Crippen molar-refractivity contribution < 1.29 is 36.6 Å². The Morgan fingerprint density at radius 2 is 1.61 bits per heavy atom. The number of benzene rings is 2. The van der Waals surface area contributed by atoms with Gasteiger partial charge in [0.2, 0.25) is 5.43 Å². The normalized spacial score (nSPS) is 16.3. The molecule has 1 atom stereocenters. The van der Waals surface area contributed by atoms with Gasteiger partial charge in [-0.1, -0.05) is 0 Å². The zero-order chi connectivity index (χ0) is 25.9. The van der Waals surface area contributed by atoms with E-state index in [1.54, 1.807) is 0 Å². The van der Waals surface area contributed by atoms with Crippen molar-refractivity contribution in [1.82, 2.24) is 14.8 Å². The molecule has 0 fully saturated rings. The lowest BCUT2D eigenvalue weighted by Crippen LogP contribution is -2.44. The predicted octanol–water partition coefficient (Wildman–Crippen LogP) is 2.93. The summed E-state index contributed by atoms with van der Waals surface area (Å²) in [6.07, 6.45) is 1.13. The summed E-state index contributed by atoms with van der Waals surface area (Å²) >= 11 is 0. The minimum absolute atomic E-state index is 0.0686. The number of nitrogens with one attached hydrogen (secondary N) is 1. The topological polar surface area (TPSA) is 91.6 Å². The zero-order valence-electron chi connectivity index (χ0n) is 18.2. The summed E-state index contributed by atoms with van der Waals surface area (Å²) in [5.74, 6) is -8.66.